The van der Waals surface area contributed by atoms with Gasteiger partial charge in [-0.2, -0.15) is 8.42 Å². The van der Waals surface area contributed by atoms with Crippen LogP contribution in [-0.2, 0) is 23.8 Å². The summed E-state index contributed by atoms with van der Waals surface area (Å²) in [4.78, 5) is 13.6. The maximum Gasteiger partial charge on any atom is 0.410 e. The molecule has 0 N–H and O–H groups in total. The van der Waals surface area contributed by atoms with Crippen molar-refractivity contribution in [2.24, 2.45) is 5.41 Å². The maximum absolute atomic E-state index is 12.0. The molecule has 0 bridgehead atoms. The molecule has 1 fully saturated rings. The topological polar surface area (TPSA) is 82.1 Å². The molecule has 0 aromatic carbocycles. The first-order valence-electron chi connectivity index (χ1n) is 6.92. The molecule has 0 saturated carbocycles. The molecule has 1 aliphatic heterocycles. The summed E-state index contributed by atoms with van der Waals surface area (Å²) in [5.41, 5.74) is -0.492. The Morgan fingerprint density at radius 2 is 1.76 bits per heavy atom. The second-order valence-corrected chi connectivity index (χ2v) is 7.88. The van der Waals surface area contributed by atoms with Gasteiger partial charge in [-0.15, -0.1) is 0 Å². The standard InChI is InChI=1S/C13H25NO6S/c1-10(11(13(2,3)4)20-21(5,16)17)19-12(15)14-6-8-18-9-7-14/h10-11H,6-9H2,1-5H3. The number of amides is 1. The van der Waals surface area contributed by atoms with Gasteiger partial charge < -0.3 is 14.4 Å². The zero-order valence-corrected chi connectivity index (χ0v) is 14.1. The minimum absolute atomic E-state index is 0.471. The molecule has 1 aliphatic rings. The van der Waals surface area contributed by atoms with Gasteiger partial charge in [0.05, 0.1) is 19.5 Å². The first kappa shape index (κ1) is 18.2. The van der Waals surface area contributed by atoms with Crippen LogP contribution in [0.15, 0.2) is 0 Å². The lowest BCUT2D eigenvalue weighted by molar-refractivity contribution is -0.0424. The Labute approximate surface area is 126 Å². The Balaban J connectivity index is 2.71. The van der Waals surface area contributed by atoms with E-state index in [0.29, 0.717) is 26.3 Å². The van der Waals surface area contributed by atoms with E-state index in [1.165, 1.54) is 0 Å². The van der Waals surface area contributed by atoms with Crippen molar-refractivity contribution >= 4 is 16.2 Å². The molecule has 2 unspecified atom stereocenters. The van der Waals surface area contributed by atoms with Gasteiger partial charge in [-0.1, -0.05) is 20.8 Å². The Morgan fingerprint density at radius 3 is 2.19 bits per heavy atom. The van der Waals surface area contributed by atoms with Crippen LogP contribution in [0.25, 0.3) is 0 Å². The number of carbonyl (C=O) groups is 1. The van der Waals surface area contributed by atoms with E-state index in [4.69, 9.17) is 13.7 Å². The Morgan fingerprint density at radius 1 is 1.24 bits per heavy atom. The molecule has 1 rings (SSSR count). The first-order valence-corrected chi connectivity index (χ1v) is 8.74. The molecule has 1 heterocycles. The van der Waals surface area contributed by atoms with Gasteiger partial charge in [0.15, 0.2) is 0 Å². The normalized spacial score (nSPS) is 20.0. The number of hydrogen-bond acceptors (Lipinski definition) is 6. The summed E-state index contributed by atoms with van der Waals surface area (Å²) in [6.07, 6.45) is -0.924. The van der Waals surface area contributed by atoms with Crippen LogP contribution >= 0.6 is 0 Å². The second kappa shape index (κ2) is 6.93. The number of carbonyl (C=O) groups excluding carboxylic acids is 1. The molecular weight excluding hydrogens is 298 g/mol. The third-order valence-corrected chi connectivity index (χ3v) is 3.67. The summed E-state index contributed by atoms with van der Waals surface area (Å²) in [5.74, 6) is 0. The smallest absolute Gasteiger partial charge is 0.410 e. The van der Waals surface area contributed by atoms with Crippen LogP contribution in [0.4, 0.5) is 4.79 Å². The summed E-state index contributed by atoms with van der Waals surface area (Å²) in [7, 11) is -3.64. The summed E-state index contributed by atoms with van der Waals surface area (Å²) < 4.78 is 38.4. The third kappa shape index (κ3) is 6.19. The molecular formula is C13H25NO6S. The zero-order valence-electron chi connectivity index (χ0n) is 13.3. The van der Waals surface area contributed by atoms with Crippen molar-refractivity contribution in [3.63, 3.8) is 0 Å². The summed E-state index contributed by atoms with van der Waals surface area (Å²) in [6, 6.07) is 0. The monoisotopic (exact) mass is 323 g/mol. The van der Waals surface area contributed by atoms with Crippen molar-refractivity contribution in [1.29, 1.82) is 0 Å². The van der Waals surface area contributed by atoms with Gasteiger partial charge in [0.2, 0.25) is 0 Å². The molecule has 8 heteroatoms. The molecule has 0 aromatic heterocycles. The van der Waals surface area contributed by atoms with Crippen LogP contribution in [0.2, 0.25) is 0 Å². The largest absolute Gasteiger partial charge is 0.444 e. The Kier molecular flexibility index (Phi) is 6.01. The summed E-state index contributed by atoms with van der Waals surface area (Å²) >= 11 is 0. The lowest BCUT2D eigenvalue weighted by atomic mass is 9.86. The van der Waals surface area contributed by atoms with E-state index < -0.39 is 33.8 Å². The van der Waals surface area contributed by atoms with Crippen LogP contribution in [0, 0.1) is 5.41 Å². The van der Waals surface area contributed by atoms with Gasteiger partial charge in [0.1, 0.15) is 12.2 Å². The van der Waals surface area contributed by atoms with E-state index in [2.05, 4.69) is 0 Å². The first-order chi connectivity index (χ1) is 9.50. The van der Waals surface area contributed by atoms with Crippen LogP contribution in [0.3, 0.4) is 0 Å². The highest BCUT2D eigenvalue weighted by Gasteiger charge is 2.36. The number of ether oxygens (including phenoxy) is 2. The number of rotatable bonds is 4. The second-order valence-electron chi connectivity index (χ2n) is 6.28. The molecule has 0 spiro atoms. The van der Waals surface area contributed by atoms with Crippen molar-refractivity contribution < 1.29 is 26.9 Å². The molecule has 0 aromatic rings. The van der Waals surface area contributed by atoms with Gasteiger partial charge >= 0.3 is 6.09 Å². The van der Waals surface area contributed by atoms with E-state index in [-0.39, 0.29) is 0 Å². The van der Waals surface area contributed by atoms with E-state index in [9.17, 15) is 13.2 Å². The van der Waals surface area contributed by atoms with Crippen LogP contribution in [0.5, 0.6) is 0 Å². The molecule has 0 aliphatic carbocycles. The predicted octanol–water partition coefficient (Wildman–Crippen LogP) is 1.23. The molecule has 1 saturated heterocycles. The fraction of sp³-hybridized carbons (Fsp3) is 0.923. The average molecular weight is 323 g/mol. The van der Waals surface area contributed by atoms with Crippen molar-refractivity contribution in [1.82, 2.24) is 4.90 Å². The third-order valence-electron chi connectivity index (χ3n) is 3.11. The quantitative estimate of drug-likeness (QED) is 0.724. The molecule has 0 radical (unpaired) electrons. The fourth-order valence-electron chi connectivity index (χ4n) is 2.16. The van der Waals surface area contributed by atoms with E-state index >= 15 is 0 Å². The molecule has 7 nitrogen and oxygen atoms in total. The van der Waals surface area contributed by atoms with Crippen LogP contribution in [-0.4, -0.2) is 64.2 Å². The van der Waals surface area contributed by atoms with Crippen LogP contribution in [0.1, 0.15) is 27.7 Å². The number of morpholine rings is 1. The molecule has 21 heavy (non-hydrogen) atoms. The van der Waals surface area contributed by atoms with E-state index in [1.54, 1.807) is 11.8 Å². The SMILES string of the molecule is CC(OC(=O)N1CCOCC1)C(OS(C)(=O)=O)C(C)(C)C. The lowest BCUT2D eigenvalue weighted by Crippen LogP contribution is -2.46. The van der Waals surface area contributed by atoms with E-state index in [0.717, 1.165) is 6.26 Å². The summed E-state index contributed by atoms with van der Waals surface area (Å²) in [6.45, 7) is 9.04. The van der Waals surface area contributed by atoms with Gasteiger partial charge in [0, 0.05) is 13.1 Å². The van der Waals surface area contributed by atoms with Gasteiger partial charge in [-0.25, -0.2) is 4.79 Å². The minimum atomic E-state index is -3.64. The summed E-state index contributed by atoms with van der Waals surface area (Å²) in [5, 5.41) is 0. The molecule has 124 valence electrons. The van der Waals surface area contributed by atoms with E-state index in [1.807, 2.05) is 20.8 Å². The predicted molar refractivity (Wildman–Crippen MR) is 77.5 cm³/mol. The fourth-order valence-corrected chi connectivity index (χ4v) is 2.98. The Hall–Kier alpha value is -0.860. The highest BCUT2D eigenvalue weighted by atomic mass is 32.2. The highest BCUT2D eigenvalue weighted by Crippen LogP contribution is 2.28. The number of hydrogen-bond donors (Lipinski definition) is 0. The van der Waals surface area contributed by atoms with Crippen molar-refractivity contribution in [3.05, 3.63) is 0 Å². The average Bonchev–Trinajstić information content (AvgIpc) is 2.34. The Bertz CT molecular complexity index is 450. The van der Waals surface area contributed by atoms with Crippen molar-refractivity contribution in [2.75, 3.05) is 32.6 Å². The van der Waals surface area contributed by atoms with Gasteiger partial charge in [0.25, 0.3) is 10.1 Å². The molecule has 2 atom stereocenters. The van der Waals surface area contributed by atoms with Crippen LogP contribution < -0.4 is 0 Å². The number of nitrogens with zero attached hydrogens (tertiary/aromatic N) is 1. The highest BCUT2D eigenvalue weighted by molar-refractivity contribution is 7.86. The van der Waals surface area contributed by atoms with Crippen molar-refractivity contribution in [2.45, 2.75) is 39.9 Å². The lowest BCUT2D eigenvalue weighted by Gasteiger charge is -2.35. The molecule has 1 amide bonds. The zero-order chi connectivity index (χ0) is 16.3. The van der Waals surface area contributed by atoms with Gasteiger partial charge in [-0.05, 0) is 12.3 Å². The minimum Gasteiger partial charge on any atom is -0.444 e. The maximum atomic E-state index is 12.0. The van der Waals surface area contributed by atoms with Crippen molar-refractivity contribution in [3.8, 4) is 0 Å². The van der Waals surface area contributed by atoms with Gasteiger partial charge in [-0.3, -0.25) is 4.18 Å².